The van der Waals surface area contributed by atoms with E-state index in [4.69, 9.17) is 5.26 Å². The molecule has 1 amide bonds. The van der Waals surface area contributed by atoms with Crippen LogP contribution >= 0.6 is 11.8 Å². The fourth-order valence-electron chi connectivity index (χ4n) is 4.02. The van der Waals surface area contributed by atoms with Crippen molar-refractivity contribution in [2.24, 2.45) is 5.92 Å². The van der Waals surface area contributed by atoms with Crippen LogP contribution in [0.15, 0.2) is 48.6 Å². The van der Waals surface area contributed by atoms with E-state index in [1.54, 1.807) is 11.8 Å². The second kappa shape index (κ2) is 10.8. The van der Waals surface area contributed by atoms with Crippen molar-refractivity contribution in [3.8, 4) is 6.07 Å². The number of piperazine rings is 1. The standard InChI is InChI=1S/C24H32N4OS/c1-19(2)18-22(23(29)27-13-12-25)30-24(28-16-14-26-15-17-28)10-8-21(9-11-24)20-6-4-3-5-7-20/h3-10,19,22,26H,11,13-18H2,1-2H3,(H,27,29)/t22-,24?/m0/s1. The van der Waals surface area contributed by atoms with Crippen molar-refractivity contribution < 1.29 is 4.79 Å². The average molecular weight is 425 g/mol. The largest absolute Gasteiger partial charge is 0.342 e. The lowest BCUT2D eigenvalue weighted by Crippen LogP contribution is -2.55. The quantitative estimate of drug-likeness (QED) is 0.626. The van der Waals surface area contributed by atoms with Crippen LogP contribution in [0.1, 0.15) is 32.3 Å². The Hall–Kier alpha value is -2.07. The Morgan fingerprint density at radius 2 is 2.03 bits per heavy atom. The lowest BCUT2D eigenvalue weighted by atomic mass is 9.95. The summed E-state index contributed by atoms with van der Waals surface area (Å²) in [5, 5.41) is 14.9. The number of benzene rings is 1. The first-order valence-electron chi connectivity index (χ1n) is 10.8. The van der Waals surface area contributed by atoms with Crippen molar-refractivity contribution in [1.29, 1.82) is 5.26 Å². The molecule has 160 valence electrons. The normalized spacial score (nSPS) is 22.9. The van der Waals surface area contributed by atoms with E-state index >= 15 is 0 Å². The first-order valence-corrected chi connectivity index (χ1v) is 11.6. The molecule has 2 atom stereocenters. The molecule has 1 aromatic rings. The van der Waals surface area contributed by atoms with Crippen LogP contribution in [0.4, 0.5) is 0 Å². The number of carbonyl (C=O) groups is 1. The summed E-state index contributed by atoms with van der Waals surface area (Å²) in [6, 6.07) is 12.5. The van der Waals surface area contributed by atoms with Crippen LogP contribution in [-0.4, -0.2) is 53.7 Å². The van der Waals surface area contributed by atoms with Gasteiger partial charge in [0.05, 0.1) is 16.2 Å². The molecule has 3 rings (SSSR count). The molecular weight excluding hydrogens is 392 g/mol. The van der Waals surface area contributed by atoms with E-state index < -0.39 is 0 Å². The van der Waals surface area contributed by atoms with E-state index in [0.717, 1.165) is 39.0 Å². The predicted octanol–water partition coefficient (Wildman–Crippen LogP) is 3.42. The summed E-state index contributed by atoms with van der Waals surface area (Å²) in [6.45, 7) is 8.18. The highest BCUT2D eigenvalue weighted by atomic mass is 32.2. The van der Waals surface area contributed by atoms with E-state index in [2.05, 4.69) is 71.9 Å². The van der Waals surface area contributed by atoms with E-state index in [-0.39, 0.29) is 22.6 Å². The van der Waals surface area contributed by atoms with E-state index in [1.807, 2.05) is 12.1 Å². The molecule has 1 aromatic carbocycles. The van der Waals surface area contributed by atoms with Crippen molar-refractivity contribution in [2.75, 3.05) is 32.7 Å². The van der Waals surface area contributed by atoms with Crippen LogP contribution in [0.5, 0.6) is 0 Å². The molecule has 1 aliphatic heterocycles. The van der Waals surface area contributed by atoms with Crippen LogP contribution in [0.3, 0.4) is 0 Å². The van der Waals surface area contributed by atoms with Gasteiger partial charge in [0.25, 0.3) is 0 Å². The first kappa shape index (κ1) is 22.6. The summed E-state index contributed by atoms with van der Waals surface area (Å²) < 4.78 is 0. The minimum Gasteiger partial charge on any atom is -0.342 e. The molecule has 30 heavy (non-hydrogen) atoms. The van der Waals surface area contributed by atoms with Crippen molar-refractivity contribution >= 4 is 23.2 Å². The van der Waals surface area contributed by atoms with Crippen LogP contribution in [0.2, 0.25) is 0 Å². The molecule has 6 heteroatoms. The van der Waals surface area contributed by atoms with E-state index in [1.165, 1.54) is 11.1 Å². The fourth-order valence-corrected chi connectivity index (χ4v) is 5.84. The fraction of sp³-hybridized carbons (Fsp3) is 0.500. The summed E-state index contributed by atoms with van der Waals surface area (Å²) in [5.41, 5.74) is 2.45. The summed E-state index contributed by atoms with van der Waals surface area (Å²) in [6.07, 6.45) is 8.48. The van der Waals surface area contributed by atoms with Crippen LogP contribution in [0, 0.1) is 17.2 Å². The van der Waals surface area contributed by atoms with Gasteiger partial charge in [0.2, 0.25) is 5.91 Å². The maximum atomic E-state index is 12.9. The van der Waals surface area contributed by atoms with Gasteiger partial charge in [-0.2, -0.15) is 5.26 Å². The highest BCUT2D eigenvalue weighted by Gasteiger charge is 2.40. The SMILES string of the molecule is CC(C)C[C@H](SC1(N2CCNCC2)C=CC(c2ccccc2)=CC1)C(=O)NCC#N. The molecule has 0 saturated carbocycles. The molecule has 5 nitrogen and oxygen atoms in total. The van der Waals surface area contributed by atoms with Gasteiger partial charge < -0.3 is 10.6 Å². The highest BCUT2D eigenvalue weighted by Crippen LogP contribution is 2.43. The number of carbonyl (C=O) groups excluding carboxylic acids is 1. The molecule has 1 fully saturated rings. The van der Waals surface area contributed by atoms with Gasteiger partial charge in [0, 0.05) is 26.2 Å². The molecule has 1 saturated heterocycles. The predicted molar refractivity (Wildman–Crippen MR) is 125 cm³/mol. The number of hydrogen-bond donors (Lipinski definition) is 2. The smallest absolute Gasteiger partial charge is 0.234 e. The minimum absolute atomic E-state index is 0.0315. The number of thioether (sulfide) groups is 1. The zero-order chi connectivity index (χ0) is 21.4. The first-order chi connectivity index (χ1) is 14.5. The molecule has 1 aliphatic carbocycles. The number of allylic oxidation sites excluding steroid dienone is 2. The van der Waals surface area contributed by atoms with Gasteiger partial charge in [-0.25, -0.2) is 0 Å². The number of amides is 1. The number of nitrogens with one attached hydrogen (secondary N) is 2. The van der Waals surface area contributed by atoms with Crippen LogP contribution < -0.4 is 10.6 Å². The summed E-state index contributed by atoms with van der Waals surface area (Å²) >= 11 is 1.75. The molecule has 0 spiro atoms. The molecule has 0 aromatic heterocycles. The Labute approximate surface area is 184 Å². The zero-order valence-corrected chi connectivity index (χ0v) is 18.8. The Morgan fingerprint density at radius 1 is 1.30 bits per heavy atom. The Balaban J connectivity index is 1.85. The molecule has 2 aliphatic rings. The van der Waals surface area contributed by atoms with Gasteiger partial charge >= 0.3 is 0 Å². The van der Waals surface area contributed by atoms with Gasteiger partial charge in [-0.05, 0) is 29.9 Å². The van der Waals surface area contributed by atoms with Crippen LogP contribution in [-0.2, 0) is 4.79 Å². The zero-order valence-electron chi connectivity index (χ0n) is 17.9. The number of nitrogens with zero attached hydrogens (tertiary/aromatic N) is 2. The van der Waals surface area contributed by atoms with Gasteiger partial charge in [-0.1, -0.05) is 62.4 Å². The minimum atomic E-state index is -0.246. The van der Waals surface area contributed by atoms with Gasteiger partial charge in [-0.3, -0.25) is 9.69 Å². The van der Waals surface area contributed by atoms with Crippen molar-refractivity contribution in [2.45, 2.75) is 36.8 Å². The third-order valence-corrected chi connectivity index (χ3v) is 7.22. The molecule has 0 radical (unpaired) electrons. The van der Waals surface area contributed by atoms with E-state index in [0.29, 0.717) is 5.92 Å². The summed E-state index contributed by atoms with van der Waals surface area (Å²) in [7, 11) is 0. The maximum absolute atomic E-state index is 12.9. The summed E-state index contributed by atoms with van der Waals surface area (Å²) in [4.78, 5) is 15.1. The second-order valence-corrected chi connectivity index (χ2v) is 9.77. The average Bonchev–Trinajstić information content (AvgIpc) is 2.78. The maximum Gasteiger partial charge on any atom is 0.234 e. The number of nitriles is 1. The van der Waals surface area contributed by atoms with Crippen LogP contribution in [0.25, 0.3) is 5.57 Å². The second-order valence-electron chi connectivity index (χ2n) is 8.26. The molecule has 2 N–H and O–H groups in total. The third kappa shape index (κ3) is 5.75. The molecule has 1 unspecified atom stereocenters. The Bertz CT molecular complexity index is 808. The number of rotatable bonds is 8. The van der Waals surface area contributed by atoms with Gasteiger partial charge in [0.15, 0.2) is 0 Å². The summed E-state index contributed by atoms with van der Waals surface area (Å²) in [5.74, 6) is 0.370. The monoisotopic (exact) mass is 424 g/mol. The Kier molecular flexibility index (Phi) is 8.15. The number of hydrogen-bond acceptors (Lipinski definition) is 5. The molecular formula is C24H32N4OS. The lowest BCUT2D eigenvalue weighted by molar-refractivity contribution is -0.120. The molecule has 0 bridgehead atoms. The Morgan fingerprint density at radius 3 is 2.63 bits per heavy atom. The lowest BCUT2D eigenvalue weighted by Gasteiger charge is -2.46. The van der Waals surface area contributed by atoms with Gasteiger partial charge in [-0.15, -0.1) is 11.8 Å². The van der Waals surface area contributed by atoms with Crippen molar-refractivity contribution in [1.82, 2.24) is 15.5 Å². The van der Waals surface area contributed by atoms with E-state index in [9.17, 15) is 4.79 Å². The third-order valence-electron chi connectivity index (χ3n) is 5.56. The van der Waals surface area contributed by atoms with Crippen molar-refractivity contribution in [3.63, 3.8) is 0 Å². The van der Waals surface area contributed by atoms with Crippen molar-refractivity contribution in [3.05, 3.63) is 54.1 Å². The molecule has 1 heterocycles. The highest BCUT2D eigenvalue weighted by molar-refractivity contribution is 8.02. The topological polar surface area (TPSA) is 68.2 Å². The van der Waals surface area contributed by atoms with Gasteiger partial charge in [0.1, 0.15) is 6.54 Å².